The van der Waals surface area contributed by atoms with Gasteiger partial charge in [-0.25, -0.2) is 5.01 Å². The van der Waals surface area contributed by atoms with E-state index in [0.29, 0.717) is 5.56 Å². The number of nitrogens with zero attached hydrogens (tertiary/aromatic N) is 4. The van der Waals surface area contributed by atoms with Crippen molar-refractivity contribution in [3.8, 4) is 5.75 Å². The van der Waals surface area contributed by atoms with E-state index in [1.54, 1.807) is 24.5 Å². The van der Waals surface area contributed by atoms with Gasteiger partial charge in [-0.15, -0.1) is 0 Å². The average Bonchev–Trinajstić information content (AvgIpc) is 3.20. The molecule has 0 unspecified atom stereocenters. The van der Waals surface area contributed by atoms with Crippen LogP contribution in [-0.2, 0) is 0 Å². The molecule has 2 aliphatic rings. The van der Waals surface area contributed by atoms with E-state index in [1.807, 2.05) is 47.5 Å². The molecule has 1 aromatic heterocycles. The lowest BCUT2D eigenvalue weighted by Gasteiger charge is -2.38. The Kier molecular flexibility index (Phi) is 3.79. The molecule has 0 saturated carbocycles. The van der Waals surface area contributed by atoms with E-state index >= 15 is 0 Å². The predicted molar refractivity (Wildman–Crippen MR) is 103 cm³/mol. The van der Waals surface area contributed by atoms with Gasteiger partial charge in [0.15, 0.2) is 0 Å². The molecule has 2 aliphatic heterocycles. The number of non-ortho nitro benzene ring substituents is 1. The molecule has 0 radical (unpaired) electrons. The lowest BCUT2D eigenvalue weighted by molar-refractivity contribution is -0.385. The number of para-hydroxylation sites is 1. The molecule has 138 valence electrons. The van der Waals surface area contributed by atoms with Crippen molar-refractivity contribution >= 4 is 11.4 Å². The van der Waals surface area contributed by atoms with Crippen LogP contribution >= 0.6 is 0 Å². The summed E-state index contributed by atoms with van der Waals surface area (Å²) in [5.74, 6) is 0.780. The SMILES string of the molecule is O=[N+]([O-])c1cccc([C@H]2Oc3ccccc3[C@@H]3CC(c4cccnc4)=NN23)c1. The second kappa shape index (κ2) is 6.45. The van der Waals surface area contributed by atoms with Gasteiger partial charge < -0.3 is 4.74 Å². The van der Waals surface area contributed by atoms with Crippen molar-refractivity contribution in [2.24, 2.45) is 5.10 Å². The van der Waals surface area contributed by atoms with Crippen molar-refractivity contribution in [1.82, 2.24) is 9.99 Å². The summed E-state index contributed by atoms with van der Waals surface area (Å²) < 4.78 is 6.23. The van der Waals surface area contributed by atoms with Crippen LogP contribution in [0.4, 0.5) is 5.69 Å². The highest BCUT2D eigenvalue weighted by atomic mass is 16.6. The van der Waals surface area contributed by atoms with Crippen molar-refractivity contribution in [2.75, 3.05) is 0 Å². The Morgan fingerprint density at radius 3 is 2.82 bits per heavy atom. The Balaban J connectivity index is 1.60. The van der Waals surface area contributed by atoms with Gasteiger partial charge in [0.1, 0.15) is 5.75 Å². The summed E-state index contributed by atoms with van der Waals surface area (Å²) in [5.41, 5.74) is 3.69. The van der Waals surface area contributed by atoms with Gasteiger partial charge in [0, 0.05) is 47.6 Å². The van der Waals surface area contributed by atoms with E-state index in [4.69, 9.17) is 9.84 Å². The molecule has 0 spiro atoms. The number of ether oxygens (including phenoxy) is 1. The Labute approximate surface area is 161 Å². The number of benzene rings is 2. The molecule has 3 heterocycles. The zero-order valence-corrected chi connectivity index (χ0v) is 14.8. The van der Waals surface area contributed by atoms with Crippen LogP contribution < -0.4 is 4.74 Å². The highest BCUT2D eigenvalue weighted by Crippen LogP contribution is 2.47. The Hall–Kier alpha value is -3.74. The van der Waals surface area contributed by atoms with Crippen LogP contribution in [0.1, 0.15) is 35.4 Å². The molecular formula is C21H16N4O3. The fraction of sp³-hybridized carbons (Fsp3) is 0.143. The molecule has 5 rings (SSSR count). The number of fused-ring (bicyclic) bond motifs is 3. The van der Waals surface area contributed by atoms with Gasteiger partial charge in [0.25, 0.3) is 5.69 Å². The topological polar surface area (TPSA) is 80.9 Å². The van der Waals surface area contributed by atoms with Gasteiger partial charge in [-0.3, -0.25) is 15.1 Å². The number of aromatic nitrogens is 1. The largest absolute Gasteiger partial charge is 0.464 e. The lowest BCUT2D eigenvalue weighted by atomic mass is 9.96. The highest BCUT2D eigenvalue weighted by Gasteiger charge is 2.41. The van der Waals surface area contributed by atoms with Crippen LogP contribution in [0.2, 0.25) is 0 Å². The molecule has 7 nitrogen and oxygen atoms in total. The van der Waals surface area contributed by atoms with Gasteiger partial charge in [-0.05, 0) is 12.1 Å². The van der Waals surface area contributed by atoms with E-state index in [1.165, 1.54) is 6.07 Å². The third kappa shape index (κ3) is 2.68. The van der Waals surface area contributed by atoms with Crippen molar-refractivity contribution in [3.05, 3.63) is 99.9 Å². The van der Waals surface area contributed by atoms with E-state index in [9.17, 15) is 10.1 Å². The number of nitro benzene ring substituents is 1. The van der Waals surface area contributed by atoms with Gasteiger partial charge >= 0.3 is 0 Å². The molecule has 0 fully saturated rings. The van der Waals surface area contributed by atoms with Gasteiger partial charge in [0.05, 0.1) is 16.7 Å². The van der Waals surface area contributed by atoms with Crippen molar-refractivity contribution in [1.29, 1.82) is 0 Å². The summed E-state index contributed by atoms with van der Waals surface area (Å²) in [4.78, 5) is 15.0. The minimum Gasteiger partial charge on any atom is -0.464 e. The second-order valence-corrected chi connectivity index (χ2v) is 6.75. The Morgan fingerprint density at radius 1 is 1.11 bits per heavy atom. The van der Waals surface area contributed by atoms with Crippen LogP contribution in [0.3, 0.4) is 0 Å². The molecule has 2 atom stereocenters. The van der Waals surface area contributed by atoms with Crippen molar-refractivity contribution in [2.45, 2.75) is 18.7 Å². The van der Waals surface area contributed by atoms with Crippen LogP contribution in [-0.4, -0.2) is 20.6 Å². The number of hydrogen-bond acceptors (Lipinski definition) is 6. The normalized spacial score (nSPS) is 20.0. The minimum atomic E-state index is -0.533. The molecule has 2 aromatic carbocycles. The summed E-state index contributed by atoms with van der Waals surface area (Å²) >= 11 is 0. The van der Waals surface area contributed by atoms with Crippen LogP contribution in [0, 0.1) is 10.1 Å². The van der Waals surface area contributed by atoms with E-state index in [-0.39, 0.29) is 11.7 Å². The average molecular weight is 372 g/mol. The number of pyridine rings is 1. The maximum Gasteiger partial charge on any atom is 0.269 e. The first-order valence-corrected chi connectivity index (χ1v) is 8.97. The van der Waals surface area contributed by atoms with Crippen LogP contribution in [0.15, 0.2) is 78.2 Å². The van der Waals surface area contributed by atoms with Crippen molar-refractivity contribution < 1.29 is 9.66 Å². The summed E-state index contributed by atoms with van der Waals surface area (Å²) in [6.07, 6.45) is 3.72. The maximum absolute atomic E-state index is 11.2. The van der Waals surface area contributed by atoms with E-state index in [0.717, 1.165) is 29.0 Å². The van der Waals surface area contributed by atoms with E-state index < -0.39 is 11.2 Å². The summed E-state index contributed by atoms with van der Waals surface area (Å²) in [6.45, 7) is 0. The van der Waals surface area contributed by atoms with Crippen molar-refractivity contribution in [3.63, 3.8) is 0 Å². The standard InChI is InChI=1S/C21H16N4O3/c26-25(27)16-7-3-5-14(11-16)21-24-19(17-8-1-2-9-20(17)28-21)12-18(23-24)15-6-4-10-22-13-15/h1-11,13,19,21H,12H2/t19-,21+/m0/s1. The minimum absolute atomic E-state index is 0.00409. The molecule has 0 bridgehead atoms. The first kappa shape index (κ1) is 16.4. The zero-order chi connectivity index (χ0) is 19.1. The number of nitro groups is 1. The quantitative estimate of drug-likeness (QED) is 0.508. The fourth-order valence-electron chi connectivity index (χ4n) is 3.75. The third-order valence-electron chi connectivity index (χ3n) is 5.06. The second-order valence-electron chi connectivity index (χ2n) is 6.75. The number of hydrogen-bond donors (Lipinski definition) is 0. The van der Waals surface area contributed by atoms with Crippen LogP contribution in [0.25, 0.3) is 0 Å². The van der Waals surface area contributed by atoms with E-state index in [2.05, 4.69) is 4.98 Å². The molecule has 0 saturated heterocycles. The molecule has 28 heavy (non-hydrogen) atoms. The van der Waals surface area contributed by atoms with Gasteiger partial charge in [-0.1, -0.05) is 36.4 Å². The summed E-state index contributed by atoms with van der Waals surface area (Å²) in [5, 5.41) is 17.9. The molecule has 0 amide bonds. The fourth-order valence-corrected chi connectivity index (χ4v) is 3.75. The van der Waals surface area contributed by atoms with Gasteiger partial charge in [0.2, 0.25) is 6.23 Å². The zero-order valence-electron chi connectivity index (χ0n) is 14.8. The summed E-state index contributed by atoms with van der Waals surface area (Å²) in [6, 6.07) is 18.3. The smallest absolute Gasteiger partial charge is 0.269 e. The number of hydrazone groups is 1. The Morgan fingerprint density at radius 2 is 2.00 bits per heavy atom. The third-order valence-corrected chi connectivity index (χ3v) is 5.06. The molecular weight excluding hydrogens is 356 g/mol. The molecule has 7 heteroatoms. The van der Waals surface area contributed by atoms with Crippen LogP contribution in [0.5, 0.6) is 5.75 Å². The van der Waals surface area contributed by atoms with Gasteiger partial charge in [-0.2, -0.15) is 5.10 Å². The first-order chi connectivity index (χ1) is 13.7. The first-order valence-electron chi connectivity index (χ1n) is 8.97. The Bertz CT molecular complexity index is 1080. The molecule has 0 aliphatic carbocycles. The predicted octanol–water partition coefficient (Wildman–Crippen LogP) is 4.23. The summed E-state index contributed by atoms with van der Waals surface area (Å²) in [7, 11) is 0. The lowest BCUT2D eigenvalue weighted by Crippen LogP contribution is -2.33. The monoisotopic (exact) mass is 372 g/mol. The maximum atomic E-state index is 11.2. The number of rotatable bonds is 3. The highest BCUT2D eigenvalue weighted by molar-refractivity contribution is 6.01. The molecule has 0 N–H and O–H groups in total. The molecule has 3 aromatic rings.